The third-order valence-corrected chi connectivity index (χ3v) is 6.21. The summed E-state index contributed by atoms with van der Waals surface area (Å²) in [5.41, 5.74) is 2.27. The number of aliphatic hydroxyl groups is 1. The molecule has 0 fully saturated rings. The van der Waals surface area contributed by atoms with Gasteiger partial charge in [0.15, 0.2) is 5.82 Å². The predicted octanol–water partition coefficient (Wildman–Crippen LogP) is 7.93. The highest BCUT2D eigenvalue weighted by molar-refractivity contribution is 5.55. The van der Waals surface area contributed by atoms with Gasteiger partial charge in [-0.1, -0.05) is 84.0 Å². The lowest BCUT2D eigenvalue weighted by molar-refractivity contribution is 0.282. The lowest BCUT2D eigenvalue weighted by Gasteiger charge is -2.08. The van der Waals surface area contributed by atoms with E-state index in [9.17, 15) is 0 Å². The Labute approximate surface area is 202 Å². The summed E-state index contributed by atoms with van der Waals surface area (Å²) in [6, 6.07) is 8.15. The molecule has 0 aliphatic carbocycles. The zero-order chi connectivity index (χ0) is 23.4. The van der Waals surface area contributed by atoms with Crippen LogP contribution in [-0.4, -0.2) is 28.3 Å². The zero-order valence-electron chi connectivity index (χ0n) is 20.9. The summed E-state index contributed by atoms with van der Waals surface area (Å²) in [6.07, 6.45) is 23.8. The van der Waals surface area contributed by atoms with Crippen molar-refractivity contribution in [3.8, 4) is 17.1 Å². The Hall–Kier alpha value is -1.94. The molecule has 2 aromatic rings. The van der Waals surface area contributed by atoms with E-state index in [1.807, 2.05) is 24.5 Å². The summed E-state index contributed by atoms with van der Waals surface area (Å²) in [5.74, 6) is 1.70. The van der Waals surface area contributed by atoms with Crippen LogP contribution in [0.1, 0.15) is 109 Å². The fourth-order valence-electron chi connectivity index (χ4n) is 4.08. The van der Waals surface area contributed by atoms with Crippen molar-refractivity contribution in [3.63, 3.8) is 0 Å². The molecule has 1 heterocycles. The highest BCUT2D eigenvalue weighted by Crippen LogP contribution is 2.20. The van der Waals surface area contributed by atoms with Crippen molar-refractivity contribution < 1.29 is 9.84 Å². The first-order valence-corrected chi connectivity index (χ1v) is 13.5. The molecule has 4 heteroatoms. The van der Waals surface area contributed by atoms with E-state index in [1.54, 1.807) is 0 Å². The molecule has 1 N–H and O–H groups in total. The third-order valence-electron chi connectivity index (χ3n) is 6.21. The van der Waals surface area contributed by atoms with Gasteiger partial charge in [-0.25, -0.2) is 9.97 Å². The molecule has 2 rings (SSSR count). The van der Waals surface area contributed by atoms with Gasteiger partial charge in [0.2, 0.25) is 0 Å². The van der Waals surface area contributed by atoms with Gasteiger partial charge in [-0.05, 0) is 55.5 Å². The first-order chi connectivity index (χ1) is 16.3. The van der Waals surface area contributed by atoms with Crippen LogP contribution in [0.5, 0.6) is 5.75 Å². The quantitative estimate of drug-likeness (QED) is 0.206. The Balaban J connectivity index is 1.57. The maximum atomic E-state index is 8.78. The molecule has 1 aromatic carbocycles. The third kappa shape index (κ3) is 12.8. The molecule has 0 amide bonds. The second-order valence-corrected chi connectivity index (χ2v) is 9.21. The number of benzene rings is 1. The minimum Gasteiger partial charge on any atom is -0.494 e. The van der Waals surface area contributed by atoms with Crippen LogP contribution < -0.4 is 4.74 Å². The number of hydrogen-bond donors (Lipinski definition) is 1. The Bertz CT molecular complexity index is 701. The van der Waals surface area contributed by atoms with E-state index >= 15 is 0 Å². The summed E-state index contributed by atoms with van der Waals surface area (Å²) in [7, 11) is 0. The number of unbranched alkanes of at least 4 members (excludes halogenated alkanes) is 13. The molecule has 0 atom stereocenters. The molecule has 0 radical (unpaired) electrons. The zero-order valence-corrected chi connectivity index (χ0v) is 20.9. The highest BCUT2D eigenvalue weighted by atomic mass is 16.5. The Morgan fingerprint density at radius 2 is 1.21 bits per heavy atom. The van der Waals surface area contributed by atoms with Crippen LogP contribution in [0.2, 0.25) is 0 Å². The number of ether oxygens (including phenoxy) is 1. The van der Waals surface area contributed by atoms with E-state index < -0.39 is 0 Å². The number of aromatic nitrogens is 2. The molecule has 0 unspecified atom stereocenters. The smallest absolute Gasteiger partial charge is 0.159 e. The van der Waals surface area contributed by atoms with Gasteiger partial charge in [0, 0.05) is 24.6 Å². The molecule has 33 heavy (non-hydrogen) atoms. The molecule has 0 aliphatic heterocycles. The SMILES string of the molecule is CCCCCCCCc1cnc(-c2ccc(OCCCCCCCCCCCO)cc2)nc1. The van der Waals surface area contributed by atoms with E-state index in [-0.39, 0.29) is 0 Å². The van der Waals surface area contributed by atoms with Gasteiger partial charge in [0.05, 0.1) is 6.61 Å². The molecule has 0 saturated heterocycles. The molecule has 0 bridgehead atoms. The number of nitrogens with zero attached hydrogens (tertiary/aromatic N) is 2. The van der Waals surface area contributed by atoms with Gasteiger partial charge >= 0.3 is 0 Å². The van der Waals surface area contributed by atoms with Gasteiger partial charge in [-0.2, -0.15) is 0 Å². The molecule has 0 aliphatic rings. The van der Waals surface area contributed by atoms with Crippen molar-refractivity contribution in [2.45, 2.75) is 110 Å². The largest absolute Gasteiger partial charge is 0.494 e. The maximum Gasteiger partial charge on any atom is 0.159 e. The fraction of sp³-hybridized carbons (Fsp3) is 0.655. The summed E-state index contributed by atoms with van der Waals surface area (Å²) in [4.78, 5) is 9.15. The Morgan fingerprint density at radius 1 is 0.667 bits per heavy atom. The van der Waals surface area contributed by atoms with Crippen LogP contribution in [-0.2, 0) is 6.42 Å². The molecular weight excluding hydrogens is 408 g/mol. The van der Waals surface area contributed by atoms with E-state index in [0.717, 1.165) is 43.0 Å². The molecule has 0 saturated carbocycles. The number of hydrogen-bond acceptors (Lipinski definition) is 4. The average molecular weight is 455 g/mol. The van der Waals surface area contributed by atoms with E-state index in [4.69, 9.17) is 9.84 Å². The van der Waals surface area contributed by atoms with Gasteiger partial charge in [0.25, 0.3) is 0 Å². The van der Waals surface area contributed by atoms with E-state index in [0.29, 0.717) is 6.61 Å². The summed E-state index contributed by atoms with van der Waals surface area (Å²) >= 11 is 0. The molecule has 4 nitrogen and oxygen atoms in total. The van der Waals surface area contributed by atoms with Crippen LogP contribution in [0.3, 0.4) is 0 Å². The minimum absolute atomic E-state index is 0.336. The average Bonchev–Trinajstić information content (AvgIpc) is 2.85. The van der Waals surface area contributed by atoms with Crippen molar-refractivity contribution in [1.82, 2.24) is 9.97 Å². The minimum atomic E-state index is 0.336. The summed E-state index contributed by atoms with van der Waals surface area (Å²) in [6.45, 7) is 3.37. The van der Waals surface area contributed by atoms with Gasteiger partial charge in [-0.3, -0.25) is 0 Å². The number of aliphatic hydroxyl groups excluding tert-OH is 1. The van der Waals surface area contributed by atoms with Crippen molar-refractivity contribution in [2.75, 3.05) is 13.2 Å². The van der Waals surface area contributed by atoms with Crippen LogP contribution >= 0.6 is 0 Å². The van der Waals surface area contributed by atoms with Crippen LogP contribution in [0.4, 0.5) is 0 Å². The standard InChI is InChI=1S/C29H46N2O2/c1-2-3-4-5-11-14-17-26-24-30-29(31-25-26)27-18-20-28(21-19-27)33-23-16-13-10-8-6-7-9-12-15-22-32/h18-21,24-25,32H,2-17,22-23H2,1H3. The molecule has 184 valence electrons. The van der Waals surface area contributed by atoms with Gasteiger partial charge in [-0.15, -0.1) is 0 Å². The first-order valence-electron chi connectivity index (χ1n) is 13.5. The Kier molecular flexibility index (Phi) is 15.3. The predicted molar refractivity (Wildman–Crippen MR) is 139 cm³/mol. The lowest BCUT2D eigenvalue weighted by Crippen LogP contribution is -1.97. The first kappa shape index (κ1) is 27.3. The fourth-order valence-corrected chi connectivity index (χ4v) is 4.08. The summed E-state index contributed by atoms with van der Waals surface area (Å²) < 4.78 is 5.90. The number of rotatable bonds is 20. The molecule has 0 spiro atoms. The van der Waals surface area contributed by atoms with Crippen LogP contribution in [0, 0.1) is 0 Å². The Morgan fingerprint density at radius 3 is 1.82 bits per heavy atom. The van der Waals surface area contributed by atoms with Crippen molar-refractivity contribution in [3.05, 3.63) is 42.2 Å². The monoisotopic (exact) mass is 454 g/mol. The maximum absolute atomic E-state index is 8.78. The molecular formula is C29H46N2O2. The van der Waals surface area contributed by atoms with Gasteiger partial charge in [0.1, 0.15) is 5.75 Å². The van der Waals surface area contributed by atoms with Crippen molar-refractivity contribution in [1.29, 1.82) is 0 Å². The van der Waals surface area contributed by atoms with E-state index in [2.05, 4.69) is 29.0 Å². The second-order valence-electron chi connectivity index (χ2n) is 9.21. The van der Waals surface area contributed by atoms with Crippen molar-refractivity contribution >= 4 is 0 Å². The number of aryl methyl sites for hydroxylation is 1. The lowest BCUT2D eigenvalue weighted by atomic mass is 10.1. The second kappa shape index (κ2) is 18.5. The summed E-state index contributed by atoms with van der Waals surface area (Å²) in [5, 5.41) is 8.78. The van der Waals surface area contributed by atoms with Gasteiger partial charge < -0.3 is 9.84 Å². The van der Waals surface area contributed by atoms with Crippen LogP contribution in [0.15, 0.2) is 36.7 Å². The normalized spacial score (nSPS) is 11.1. The topological polar surface area (TPSA) is 55.2 Å². The van der Waals surface area contributed by atoms with E-state index in [1.165, 1.54) is 89.0 Å². The highest BCUT2D eigenvalue weighted by Gasteiger charge is 2.03. The van der Waals surface area contributed by atoms with Crippen LogP contribution in [0.25, 0.3) is 11.4 Å². The molecule has 1 aromatic heterocycles. The van der Waals surface area contributed by atoms with Crippen molar-refractivity contribution in [2.24, 2.45) is 0 Å².